The van der Waals surface area contributed by atoms with Gasteiger partial charge < -0.3 is 14.6 Å². The van der Waals surface area contributed by atoms with E-state index in [1.54, 1.807) is 6.92 Å². The lowest BCUT2D eigenvalue weighted by Gasteiger charge is -2.14. The minimum absolute atomic E-state index is 0.467. The van der Waals surface area contributed by atoms with Crippen molar-refractivity contribution in [3.05, 3.63) is 29.3 Å². The molecule has 114 valence electrons. The average Bonchev–Trinajstić information content (AvgIpc) is 2.39. The molecule has 0 saturated carbocycles. The van der Waals surface area contributed by atoms with E-state index in [0.717, 1.165) is 35.8 Å². The van der Waals surface area contributed by atoms with E-state index < -0.39 is 6.10 Å². The molecule has 1 aromatic rings. The third kappa shape index (κ3) is 5.93. The Labute approximate surface area is 122 Å². The van der Waals surface area contributed by atoms with Crippen LogP contribution in [0.15, 0.2) is 18.2 Å². The molecule has 0 saturated heterocycles. The van der Waals surface area contributed by atoms with E-state index in [1.807, 2.05) is 25.1 Å². The van der Waals surface area contributed by atoms with Crippen LogP contribution in [-0.4, -0.2) is 18.3 Å². The van der Waals surface area contributed by atoms with Crippen LogP contribution >= 0.6 is 0 Å². The van der Waals surface area contributed by atoms with Gasteiger partial charge in [-0.1, -0.05) is 19.9 Å². The third-order valence-electron chi connectivity index (χ3n) is 3.19. The maximum Gasteiger partial charge on any atom is 0.124 e. The lowest BCUT2D eigenvalue weighted by molar-refractivity contribution is 0.112. The highest BCUT2D eigenvalue weighted by molar-refractivity contribution is 5.37. The van der Waals surface area contributed by atoms with Gasteiger partial charge in [-0.2, -0.15) is 0 Å². The number of hydrogen-bond acceptors (Lipinski definition) is 3. The van der Waals surface area contributed by atoms with Gasteiger partial charge in [0.15, 0.2) is 0 Å². The van der Waals surface area contributed by atoms with Gasteiger partial charge in [-0.15, -0.1) is 0 Å². The first-order valence-electron chi connectivity index (χ1n) is 7.56. The van der Waals surface area contributed by atoms with Gasteiger partial charge in [-0.05, 0) is 50.3 Å². The monoisotopic (exact) mass is 280 g/mol. The molecule has 3 heteroatoms. The summed E-state index contributed by atoms with van der Waals surface area (Å²) in [6.45, 7) is 10.1. The molecule has 0 aliphatic heterocycles. The first kappa shape index (κ1) is 17.0. The normalized spacial score (nSPS) is 12.7. The second-order valence-corrected chi connectivity index (χ2v) is 5.56. The van der Waals surface area contributed by atoms with Crippen molar-refractivity contribution in [3.8, 4) is 5.75 Å². The van der Waals surface area contributed by atoms with Crippen molar-refractivity contribution in [2.24, 2.45) is 5.92 Å². The first-order valence-corrected chi connectivity index (χ1v) is 7.56. The highest BCUT2D eigenvalue weighted by Gasteiger charge is 2.08. The Morgan fingerprint density at radius 1 is 1.20 bits per heavy atom. The zero-order valence-corrected chi connectivity index (χ0v) is 13.2. The zero-order valence-electron chi connectivity index (χ0n) is 13.2. The van der Waals surface area contributed by atoms with Crippen molar-refractivity contribution in [3.63, 3.8) is 0 Å². The van der Waals surface area contributed by atoms with E-state index in [1.165, 1.54) is 6.42 Å². The maximum absolute atomic E-state index is 9.66. The lowest BCUT2D eigenvalue weighted by Crippen LogP contribution is -2.03. The van der Waals surface area contributed by atoms with Crippen LogP contribution in [0.3, 0.4) is 0 Å². The average molecular weight is 280 g/mol. The number of aliphatic hydroxyl groups is 1. The summed E-state index contributed by atoms with van der Waals surface area (Å²) in [5.41, 5.74) is 1.91. The Kier molecular flexibility index (Phi) is 7.63. The number of hydrogen-bond donors (Lipinski definition) is 1. The Balaban J connectivity index is 2.58. The molecule has 0 amide bonds. The Morgan fingerprint density at radius 3 is 2.55 bits per heavy atom. The molecule has 20 heavy (non-hydrogen) atoms. The second-order valence-electron chi connectivity index (χ2n) is 5.56. The van der Waals surface area contributed by atoms with Crippen molar-refractivity contribution in [1.82, 2.24) is 0 Å². The molecule has 1 unspecified atom stereocenters. The van der Waals surface area contributed by atoms with Crippen molar-refractivity contribution in [2.75, 3.05) is 13.2 Å². The SMILES string of the molecule is CCOc1ccc(C(C)O)cc1COCCCC(C)C. The Hall–Kier alpha value is -1.06. The molecule has 0 spiro atoms. The first-order chi connectivity index (χ1) is 9.54. The van der Waals surface area contributed by atoms with E-state index in [0.29, 0.717) is 13.2 Å². The van der Waals surface area contributed by atoms with Crippen LogP contribution in [0, 0.1) is 5.92 Å². The zero-order chi connectivity index (χ0) is 15.0. The molecule has 0 bridgehead atoms. The van der Waals surface area contributed by atoms with E-state index in [2.05, 4.69) is 13.8 Å². The number of benzene rings is 1. The molecular weight excluding hydrogens is 252 g/mol. The van der Waals surface area contributed by atoms with Crippen LogP contribution in [0.5, 0.6) is 5.75 Å². The molecule has 0 aliphatic carbocycles. The topological polar surface area (TPSA) is 38.7 Å². The smallest absolute Gasteiger partial charge is 0.124 e. The summed E-state index contributed by atoms with van der Waals surface area (Å²) in [6.07, 6.45) is 1.80. The fourth-order valence-corrected chi connectivity index (χ4v) is 2.04. The van der Waals surface area contributed by atoms with Crippen LogP contribution in [-0.2, 0) is 11.3 Å². The lowest BCUT2D eigenvalue weighted by atomic mass is 10.1. The van der Waals surface area contributed by atoms with Crippen molar-refractivity contribution >= 4 is 0 Å². The summed E-state index contributed by atoms with van der Waals surface area (Å²) in [5, 5.41) is 9.66. The van der Waals surface area contributed by atoms with E-state index in [4.69, 9.17) is 9.47 Å². The van der Waals surface area contributed by atoms with Gasteiger partial charge in [-0.3, -0.25) is 0 Å². The Bertz CT molecular complexity index is 386. The van der Waals surface area contributed by atoms with Gasteiger partial charge in [0.25, 0.3) is 0 Å². The molecule has 1 rings (SSSR count). The highest BCUT2D eigenvalue weighted by atomic mass is 16.5. The van der Waals surface area contributed by atoms with Gasteiger partial charge in [-0.25, -0.2) is 0 Å². The fraction of sp³-hybridized carbons (Fsp3) is 0.647. The van der Waals surface area contributed by atoms with Gasteiger partial charge in [0.1, 0.15) is 5.75 Å². The molecule has 1 aromatic carbocycles. The molecule has 0 aliphatic rings. The summed E-state index contributed by atoms with van der Waals surface area (Å²) in [6, 6.07) is 5.79. The van der Waals surface area contributed by atoms with Gasteiger partial charge in [0, 0.05) is 12.2 Å². The number of aliphatic hydroxyl groups excluding tert-OH is 1. The standard InChI is InChI=1S/C17H28O3/c1-5-20-17-9-8-15(14(4)18)11-16(17)12-19-10-6-7-13(2)3/h8-9,11,13-14,18H,5-7,10,12H2,1-4H3. The summed E-state index contributed by atoms with van der Waals surface area (Å²) < 4.78 is 11.3. The van der Waals surface area contributed by atoms with Gasteiger partial charge >= 0.3 is 0 Å². The minimum Gasteiger partial charge on any atom is -0.494 e. The highest BCUT2D eigenvalue weighted by Crippen LogP contribution is 2.24. The van der Waals surface area contributed by atoms with Gasteiger partial charge in [0.05, 0.1) is 19.3 Å². The maximum atomic E-state index is 9.66. The number of ether oxygens (including phenoxy) is 2. The fourth-order valence-electron chi connectivity index (χ4n) is 2.04. The van der Waals surface area contributed by atoms with E-state index in [9.17, 15) is 5.11 Å². The molecule has 3 nitrogen and oxygen atoms in total. The van der Waals surface area contributed by atoms with E-state index in [-0.39, 0.29) is 0 Å². The van der Waals surface area contributed by atoms with Crippen LogP contribution in [0.2, 0.25) is 0 Å². The van der Waals surface area contributed by atoms with E-state index >= 15 is 0 Å². The number of rotatable bonds is 9. The molecule has 0 aromatic heterocycles. The molecule has 0 radical (unpaired) electrons. The van der Waals surface area contributed by atoms with Crippen LogP contribution < -0.4 is 4.74 Å². The van der Waals surface area contributed by atoms with Crippen molar-refractivity contribution < 1.29 is 14.6 Å². The molecular formula is C17H28O3. The summed E-state index contributed by atoms with van der Waals surface area (Å²) >= 11 is 0. The van der Waals surface area contributed by atoms with Crippen LogP contribution in [0.4, 0.5) is 0 Å². The molecule has 0 heterocycles. The minimum atomic E-state index is -0.467. The van der Waals surface area contributed by atoms with Crippen molar-refractivity contribution in [1.29, 1.82) is 0 Å². The third-order valence-corrected chi connectivity index (χ3v) is 3.19. The summed E-state index contributed by atoms with van der Waals surface area (Å²) in [4.78, 5) is 0. The summed E-state index contributed by atoms with van der Waals surface area (Å²) in [7, 11) is 0. The summed E-state index contributed by atoms with van der Waals surface area (Å²) in [5.74, 6) is 1.57. The quantitative estimate of drug-likeness (QED) is 0.692. The van der Waals surface area contributed by atoms with Crippen LogP contribution in [0.25, 0.3) is 0 Å². The largest absolute Gasteiger partial charge is 0.494 e. The molecule has 1 atom stereocenters. The predicted molar refractivity (Wildman–Crippen MR) is 82.0 cm³/mol. The Morgan fingerprint density at radius 2 is 1.95 bits per heavy atom. The molecule has 0 fully saturated rings. The molecule has 1 N–H and O–H groups in total. The van der Waals surface area contributed by atoms with Gasteiger partial charge in [0.2, 0.25) is 0 Å². The second kappa shape index (κ2) is 8.98. The van der Waals surface area contributed by atoms with Crippen molar-refractivity contribution in [2.45, 2.75) is 53.2 Å². The predicted octanol–water partition coefficient (Wildman–Crippen LogP) is 4.09. The van der Waals surface area contributed by atoms with Crippen LogP contribution in [0.1, 0.15) is 57.8 Å².